The van der Waals surface area contributed by atoms with Crippen LogP contribution in [0.15, 0.2) is 24.3 Å². The van der Waals surface area contributed by atoms with E-state index >= 15 is 0 Å². The highest BCUT2D eigenvalue weighted by Gasteiger charge is 2.55. The minimum absolute atomic E-state index is 0.648. The summed E-state index contributed by atoms with van der Waals surface area (Å²) in [7, 11) is 2.11. The lowest BCUT2D eigenvalue weighted by Crippen LogP contribution is -2.28. The maximum atomic E-state index is 5.36. The molecule has 100 valence electrons. The standard InChI is InChI=1S/C18H23N/c1-3-4-5-10-16(19-2)18-15-12-11-13-8-6-7-9-14(13)17(15)18/h1,6-9,15-19H,4-5,10-12H2,2H3. The number of terminal acetylenes is 1. The van der Waals surface area contributed by atoms with Gasteiger partial charge in [0.2, 0.25) is 0 Å². The van der Waals surface area contributed by atoms with Gasteiger partial charge in [-0.2, -0.15) is 0 Å². The van der Waals surface area contributed by atoms with Crippen molar-refractivity contribution in [2.24, 2.45) is 11.8 Å². The van der Waals surface area contributed by atoms with E-state index in [1.165, 1.54) is 19.3 Å². The number of nitrogens with one attached hydrogen (secondary N) is 1. The summed E-state index contributed by atoms with van der Waals surface area (Å²) in [6.07, 6.45) is 11.3. The second kappa shape index (κ2) is 5.39. The highest BCUT2D eigenvalue weighted by Crippen LogP contribution is 2.61. The van der Waals surface area contributed by atoms with Crippen LogP contribution in [-0.4, -0.2) is 13.1 Å². The van der Waals surface area contributed by atoms with Crippen LogP contribution in [0.3, 0.4) is 0 Å². The first-order valence-electron chi connectivity index (χ1n) is 7.55. The van der Waals surface area contributed by atoms with E-state index < -0.39 is 0 Å². The Balaban J connectivity index is 1.70. The third-order valence-electron chi connectivity index (χ3n) is 5.06. The summed E-state index contributed by atoms with van der Waals surface area (Å²) in [5, 5.41) is 3.54. The molecule has 1 aromatic carbocycles. The average Bonchev–Trinajstić information content (AvgIpc) is 3.18. The van der Waals surface area contributed by atoms with Crippen molar-refractivity contribution in [1.29, 1.82) is 0 Å². The van der Waals surface area contributed by atoms with Gasteiger partial charge in [0.1, 0.15) is 0 Å². The van der Waals surface area contributed by atoms with Crippen molar-refractivity contribution in [3.63, 3.8) is 0 Å². The van der Waals surface area contributed by atoms with E-state index in [9.17, 15) is 0 Å². The highest BCUT2D eigenvalue weighted by atomic mass is 14.9. The van der Waals surface area contributed by atoms with Crippen LogP contribution in [0.4, 0.5) is 0 Å². The number of hydrogen-bond acceptors (Lipinski definition) is 1. The maximum absolute atomic E-state index is 5.36. The van der Waals surface area contributed by atoms with Crippen LogP contribution in [-0.2, 0) is 6.42 Å². The number of rotatable bonds is 5. The zero-order chi connectivity index (χ0) is 13.2. The van der Waals surface area contributed by atoms with Crippen LogP contribution in [0, 0.1) is 24.2 Å². The summed E-state index contributed by atoms with van der Waals surface area (Å²) in [5.41, 5.74) is 3.21. The Hall–Kier alpha value is -1.26. The zero-order valence-electron chi connectivity index (χ0n) is 11.7. The van der Waals surface area contributed by atoms with Gasteiger partial charge in [-0.3, -0.25) is 0 Å². The summed E-state index contributed by atoms with van der Waals surface area (Å²) in [5.74, 6) is 5.32. The molecule has 0 amide bonds. The summed E-state index contributed by atoms with van der Waals surface area (Å²) < 4.78 is 0. The maximum Gasteiger partial charge on any atom is 0.0101 e. The van der Waals surface area contributed by atoms with E-state index in [0.717, 1.165) is 30.6 Å². The molecule has 4 unspecified atom stereocenters. The van der Waals surface area contributed by atoms with Gasteiger partial charge >= 0.3 is 0 Å². The molecule has 1 aromatic rings. The summed E-state index contributed by atoms with van der Waals surface area (Å²) in [4.78, 5) is 0. The molecule has 19 heavy (non-hydrogen) atoms. The van der Waals surface area contributed by atoms with E-state index in [1.54, 1.807) is 11.1 Å². The molecule has 3 rings (SSSR count). The predicted molar refractivity (Wildman–Crippen MR) is 80.0 cm³/mol. The van der Waals surface area contributed by atoms with Crippen LogP contribution in [0.25, 0.3) is 0 Å². The first-order valence-corrected chi connectivity index (χ1v) is 7.55. The molecule has 1 N–H and O–H groups in total. The molecule has 2 aliphatic rings. The third kappa shape index (κ3) is 2.30. The minimum atomic E-state index is 0.648. The number of fused-ring (bicyclic) bond motifs is 3. The van der Waals surface area contributed by atoms with Gasteiger partial charge in [-0.15, -0.1) is 12.3 Å². The minimum Gasteiger partial charge on any atom is -0.317 e. The molecule has 0 aromatic heterocycles. The summed E-state index contributed by atoms with van der Waals surface area (Å²) in [6, 6.07) is 9.69. The fourth-order valence-corrected chi connectivity index (χ4v) is 4.12. The van der Waals surface area contributed by atoms with Gasteiger partial charge in [-0.1, -0.05) is 24.3 Å². The van der Waals surface area contributed by atoms with Gasteiger partial charge in [-0.25, -0.2) is 0 Å². The molecular weight excluding hydrogens is 230 g/mol. The molecule has 1 saturated carbocycles. The molecule has 0 saturated heterocycles. The van der Waals surface area contributed by atoms with Gasteiger partial charge in [0.25, 0.3) is 0 Å². The Morgan fingerprint density at radius 2 is 2.26 bits per heavy atom. The molecule has 2 aliphatic carbocycles. The molecular formula is C18H23N. The van der Waals surface area contributed by atoms with Gasteiger partial charge in [0.05, 0.1) is 0 Å². The van der Waals surface area contributed by atoms with E-state index in [1.807, 2.05) is 0 Å². The third-order valence-corrected chi connectivity index (χ3v) is 5.06. The Kier molecular flexibility index (Phi) is 3.62. The Labute approximate surface area is 116 Å². The second-order valence-corrected chi connectivity index (χ2v) is 6.00. The van der Waals surface area contributed by atoms with Crippen molar-refractivity contribution in [3.05, 3.63) is 35.4 Å². The van der Waals surface area contributed by atoms with Crippen molar-refractivity contribution in [1.82, 2.24) is 5.32 Å². The predicted octanol–water partition coefficient (Wildman–Crippen LogP) is 3.35. The largest absolute Gasteiger partial charge is 0.317 e. The van der Waals surface area contributed by atoms with Crippen LogP contribution < -0.4 is 5.32 Å². The van der Waals surface area contributed by atoms with E-state index in [-0.39, 0.29) is 0 Å². The van der Waals surface area contributed by atoms with E-state index in [0.29, 0.717) is 6.04 Å². The lowest BCUT2D eigenvalue weighted by Gasteiger charge is -2.16. The smallest absolute Gasteiger partial charge is 0.0101 e. The number of hydrogen-bond donors (Lipinski definition) is 1. The molecule has 1 nitrogen and oxygen atoms in total. The topological polar surface area (TPSA) is 12.0 Å². The van der Waals surface area contributed by atoms with Gasteiger partial charge in [0.15, 0.2) is 0 Å². The molecule has 0 radical (unpaired) electrons. The van der Waals surface area contributed by atoms with Crippen molar-refractivity contribution >= 4 is 0 Å². The quantitative estimate of drug-likeness (QED) is 0.627. The monoisotopic (exact) mass is 253 g/mol. The van der Waals surface area contributed by atoms with Gasteiger partial charge < -0.3 is 5.32 Å². The Morgan fingerprint density at radius 3 is 3.05 bits per heavy atom. The summed E-state index contributed by atoms with van der Waals surface area (Å²) >= 11 is 0. The molecule has 4 atom stereocenters. The van der Waals surface area contributed by atoms with Gasteiger partial charge in [-0.05, 0) is 61.6 Å². The second-order valence-electron chi connectivity index (χ2n) is 6.00. The number of benzene rings is 1. The van der Waals surface area contributed by atoms with Crippen molar-refractivity contribution in [2.45, 2.75) is 44.1 Å². The molecule has 1 heteroatoms. The van der Waals surface area contributed by atoms with Crippen LogP contribution >= 0.6 is 0 Å². The first kappa shape index (κ1) is 12.8. The molecule has 1 fully saturated rings. The van der Waals surface area contributed by atoms with E-state index in [2.05, 4.69) is 42.6 Å². The van der Waals surface area contributed by atoms with Crippen LogP contribution in [0.5, 0.6) is 0 Å². The lowest BCUT2D eigenvalue weighted by molar-refractivity contribution is 0.430. The lowest BCUT2D eigenvalue weighted by atomic mass is 9.92. The molecule has 0 aliphatic heterocycles. The SMILES string of the molecule is C#CCCCC(NC)C1C2CCc3ccccc3C21. The fourth-order valence-electron chi connectivity index (χ4n) is 4.12. The summed E-state index contributed by atoms with van der Waals surface area (Å²) in [6.45, 7) is 0. The Bertz CT molecular complexity index is 485. The van der Waals surface area contributed by atoms with Crippen molar-refractivity contribution in [3.8, 4) is 12.3 Å². The van der Waals surface area contributed by atoms with E-state index in [4.69, 9.17) is 6.42 Å². The highest BCUT2D eigenvalue weighted by molar-refractivity contribution is 5.40. The number of unbranched alkanes of at least 4 members (excludes halogenated alkanes) is 1. The molecule has 0 heterocycles. The number of aryl methyl sites for hydroxylation is 1. The van der Waals surface area contributed by atoms with Crippen molar-refractivity contribution in [2.75, 3.05) is 7.05 Å². The first-order chi connectivity index (χ1) is 9.36. The zero-order valence-corrected chi connectivity index (χ0v) is 11.7. The van der Waals surface area contributed by atoms with Gasteiger partial charge in [0, 0.05) is 12.5 Å². The fraction of sp³-hybridized carbons (Fsp3) is 0.556. The normalized spacial score (nSPS) is 28.9. The Morgan fingerprint density at radius 1 is 1.42 bits per heavy atom. The van der Waals surface area contributed by atoms with Crippen LogP contribution in [0.1, 0.15) is 42.7 Å². The van der Waals surface area contributed by atoms with Crippen LogP contribution in [0.2, 0.25) is 0 Å². The van der Waals surface area contributed by atoms with Crippen molar-refractivity contribution < 1.29 is 0 Å². The average molecular weight is 253 g/mol. The molecule has 0 spiro atoms. The molecule has 0 bridgehead atoms.